The molecule has 1 aliphatic heterocycles. The number of morpholine rings is 1. The zero-order chi connectivity index (χ0) is 27.4. The predicted molar refractivity (Wildman–Crippen MR) is 143 cm³/mol. The van der Waals surface area contributed by atoms with Gasteiger partial charge in [-0.1, -0.05) is 45.7 Å². The molecule has 5 rings (SSSR count). The van der Waals surface area contributed by atoms with Gasteiger partial charge in [0.25, 0.3) is 5.91 Å². The summed E-state index contributed by atoms with van der Waals surface area (Å²) in [4.78, 5) is 38.2. The molecule has 3 atom stereocenters. The number of nitrogens with one attached hydrogen (secondary N) is 1. The van der Waals surface area contributed by atoms with Gasteiger partial charge in [-0.05, 0) is 28.8 Å². The van der Waals surface area contributed by atoms with Gasteiger partial charge < -0.3 is 14.8 Å². The monoisotopic (exact) mass is 548 g/mol. The molecule has 12 nitrogen and oxygen atoms in total. The molecule has 200 valence electrons. The second kappa shape index (κ2) is 11.7. The second-order valence-corrected chi connectivity index (χ2v) is 10.9. The van der Waals surface area contributed by atoms with Crippen molar-refractivity contribution in [3.8, 4) is 0 Å². The third-order valence-corrected chi connectivity index (χ3v) is 7.56. The SMILES string of the molecule is CN(C)[P+](=O)N1C[C@@H](COC(=O)c2ccccc2)O[C@@H](n2cnc3c(NC(=O)c4ccccc4)ncnc32)C1. The van der Waals surface area contributed by atoms with Crippen LogP contribution in [0.2, 0.25) is 0 Å². The first-order valence-electron chi connectivity index (χ1n) is 12.2. The zero-order valence-electron chi connectivity index (χ0n) is 21.4. The smallest absolute Gasteiger partial charge is 0.459 e. The van der Waals surface area contributed by atoms with Gasteiger partial charge in [0.05, 0.1) is 25.0 Å². The number of rotatable bonds is 8. The fourth-order valence-electron chi connectivity index (χ4n) is 4.19. The highest BCUT2D eigenvalue weighted by molar-refractivity contribution is 7.39. The van der Waals surface area contributed by atoms with Crippen molar-refractivity contribution in [2.24, 2.45) is 0 Å². The standard InChI is InChI=1S/C26H26N7O5P/c1-31(2)39(36)32-13-20(15-37-26(35)19-11-7-4-8-12-19)38-21(14-32)33-17-29-22-23(27-16-28-24(22)33)30-25(34)18-9-5-3-6-10-18/h3-12,16-17,20-21H,13-15H2,1-2H3/p+1/t20-,21+/m0/s1. The van der Waals surface area contributed by atoms with Crippen LogP contribution in [0.25, 0.3) is 11.2 Å². The lowest BCUT2D eigenvalue weighted by Crippen LogP contribution is -2.45. The summed E-state index contributed by atoms with van der Waals surface area (Å²) in [6, 6.07) is 17.5. The van der Waals surface area contributed by atoms with Crippen molar-refractivity contribution in [1.29, 1.82) is 0 Å². The number of carbonyl (C=O) groups is 2. The Kier molecular flexibility index (Phi) is 7.99. The molecule has 2 aromatic carbocycles. The molecule has 0 bridgehead atoms. The van der Waals surface area contributed by atoms with E-state index < -0.39 is 26.4 Å². The Morgan fingerprint density at radius 1 is 1.03 bits per heavy atom. The third-order valence-electron chi connectivity index (χ3n) is 6.06. The minimum absolute atomic E-state index is 0.0304. The Morgan fingerprint density at radius 3 is 2.41 bits per heavy atom. The Balaban J connectivity index is 1.37. The average Bonchev–Trinajstić information content (AvgIpc) is 3.41. The van der Waals surface area contributed by atoms with Crippen molar-refractivity contribution in [2.75, 3.05) is 39.1 Å². The molecule has 0 spiro atoms. The first-order chi connectivity index (χ1) is 18.9. The van der Waals surface area contributed by atoms with E-state index in [-0.39, 0.29) is 24.9 Å². The van der Waals surface area contributed by atoms with Crippen LogP contribution in [0.15, 0.2) is 73.3 Å². The number of ether oxygens (including phenoxy) is 2. The van der Waals surface area contributed by atoms with Crippen molar-refractivity contribution in [3.05, 3.63) is 84.4 Å². The van der Waals surface area contributed by atoms with E-state index in [2.05, 4.69) is 20.3 Å². The normalized spacial score (nSPS) is 18.2. The molecule has 1 saturated heterocycles. The van der Waals surface area contributed by atoms with Gasteiger partial charge in [-0.2, -0.15) is 0 Å². The molecule has 1 aliphatic rings. The molecule has 1 fully saturated rings. The van der Waals surface area contributed by atoms with E-state index in [1.54, 1.807) is 82.9 Å². The highest BCUT2D eigenvalue weighted by Crippen LogP contribution is 2.36. The number of anilines is 1. The number of hydrogen-bond acceptors (Lipinski definition) is 8. The topological polar surface area (TPSA) is 132 Å². The van der Waals surface area contributed by atoms with Crippen LogP contribution in [0, 0.1) is 0 Å². The summed E-state index contributed by atoms with van der Waals surface area (Å²) in [5.74, 6) is -0.536. The number of hydrogen-bond donors (Lipinski definition) is 1. The Morgan fingerprint density at radius 2 is 1.72 bits per heavy atom. The van der Waals surface area contributed by atoms with Gasteiger partial charge in [-0.3, -0.25) is 9.36 Å². The van der Waals surface area contributed by atoms with Crippen LogP contribution < -0.4 is 5.32 Å². The molecule has 0 saturated carbocycles. The lowest BCUT2D eigenvalue weighted by Gasteiger charge is -2.33. The van der Waals surface area contributed by atoms with Crippen LogP contribution in [0.4, 0.5) is 5.82 Å². The molecule has 0 radical (unpaired) electrons. The highest BCUT2D eigenvalue weighted by Gasteiger charge is 2.42. The van der Waals surface area contributed by atoms with Crippen molar-refractivity contribution >= 4 is 37.0 Å². The first-order valence-corrected chi connectivity index (χ1v) is 13.4. The molecule has 1 amide bonds. The number of benzene rings is 2. The molecule has 2 aromatic heterocycles. The number of esters is 1. The summed E-state index contributed by atoms with van der Waals surface area (Å²) in [5.41, 5.74) is 1.73. The lowest BCUT2D eigenvalue weighted by atomic mass is 10.2. The van der Waals surface area contributed by atoms with E-state index >= 15 is 0 Å². The van der Waals surface area contributed by atoms with E-state index in [4.69, 9.17) is 9.47 Å². The molecule has 3 heterocycles. The van der Waals surface area contributed by atoms with E-state index in [1.807, 2.05) is 12.1 Å². The van der Waals surface area contributed by atoms with Crippen LogP contribution in [0.1, 0.15) is 26.9 Å². The van der Waals surface area contributed by atoms with Crippen LogP contribution in [0.3, 0.4) is 0 Å². The first kappa shape index (κ1) is 26.5. The molecule has 13 heteroatoms. The van der Waals surface area contributed by atoms with Gasteiger partial charge in [0.15, 0.2) is 23.2 Å². The summed E-state index contributed by atoms with van der Waals surface area (Å²) in [6.07, 6.45) is 1.67. The van der Waals surface area contributed by atoms with Crippen LogP contribution >= 0.6 is 8.10 Å². The zero-order valence-corrected chi connectivity index (χ0v) is 22.3. The summed E-state index contributed by atoms with van der Waals surface area (Å²) in [6.45, 7) is 0.543. The maximum absolute atomic E-state index is 13.0. The summed E-state index contributed by atoms with van der Waals surface area (Å²) >= 11 is 0. The molecule has 1 unspecified atom stereocenters. The molecule has 39 heavy (non-hydrogen) atoms. The number of amides is 1. The fourth-order valence-corrected chi connectivity index (χ4v) is 5.29. The van der Waals surface area contributed by atoms with E-state index in [9.17, 15) is 14.2 Å². The minimum atomic E-state index is -1.87. The maximum Gasteiger partial charge on any atom is 0.537 e. The van der Waals surface area contributed by atoms with Gasteiger partial charge in [0.1, 0.15) is 19.0 Å². The summed E-state index contributed by atoms with van der Waals surface area (Å²) < 4.78 is 29.9. The van der Waals surface area contributed by atoms with Gasteiger partial charge >= 0.3 is 14.1 Å². The fraction of sp³-hybridized carbons (Fsp3) is 0.269. The van der Waals surface area contributed by atoms with Crippen molar-refractivity contribution in [3.63, 3.8) is 0 Å². The Labute approximate surface area is 225 Å². The number of fused-ring (bicyclic) bond motifs is 1. The van der Waals surface area contributed by atoms with Crippen molar-refractivity contribution < 1.29 is 23.6 Å². The van der Waals surface area contributed by atoms with Crippen LogP contribution in [-0.4, -0.2) is 80.6 Å². The largest absolute Gasteiger partial charge is 0.537 e. The Bertz CT molecular complexity index is 1480. The predicted octanol–water partition coefficient (Wildman–Crippen LogP) is 3.35. The van der Waals surface area contributed by atoms with Gasteiger partial charge in [0, 0.05) is 19.7 Å². The summed E-state index contributed by atoms with van der Waals surface area (Å²) in [5, 5.41) is 2.79. The van der Waals surface area contributed by atoms with Gasteiger partial charge in [0.2, 0.25) is 0 Å². The lowest BCUT2D eigenvalue weighted by molar-refractivity contribution is -0.117. The number of aromatic nitrogens is 4. The van der Waals surface area contributed by atoms with Crippen molar-refractivity contribution in [1.82, 2.24) is 28.9 Å². The third kappa shape index (κ3) is 5.99. The molecule has 1 N–H and O–H groups in total. The van der Waals surface area contributed by atoms with Gasteiger partial charge in [-0.25, -0.2) is 19.7 Å². The maximum atomic E-state index is 13.0. The van der Waals surface area contributed by atoms with E-state index in [0.29, 0.717) is 28.8 Å². The van der Waals surface area contributed by atoms with Gasteiger partial charge in [-0.15, -0.1) is 0 Å². The van der Waals surface area contributed by atoms with Crippen LogP contribution in [0.5, 0.6) is 0 Å². The van der Waals surface area contributed by atoms with E-state index in [1.165, 1.54) is 6.33 Å². The molecular weight excluding hydrogens is 521 g/mol. The van der Waals surface area contributed by atoms with Crippen molar-refractivity contribution in [2.45, 2.75) is 12.3 Å². The van der Waals surface area contributed by atoms with E-state index in [0.717, 1.165) is 0 Å². The average molecular weight is 549 g/mol. The Hall–Kier alpha value is -4.09. The van der Waals surface area contributed by atoms with Crippen LogP contribution in [-0.2, 0) is 14.0 Å². The highest BCUT2D eigenvalue weighted by atomic mass is 31.1. The number of imidazole rings is 1. The quantitative estimate of drug-likeness (QED) is 0.258. The second-order valence-electron chi connectivity index (χ2n) is 9.02. The summed E-state index contributed by atoms with van der Waals surface area (Å²) in [7, 11) is 1.59. The molecule has 0 aliphatic carbocycles. The molecule has 4 aromatic rings. The number of carbonyl (C=O) groups excluding carboxylic acids is 2. The molecular formula is C26H27N7O5P+. The number of nitrogens with zero attached hydrogens (tertiary/aromatic N) is 6. The minimum Gasteiger partial charge on any atom is -0.459 e.